The molecular formula is C18H23N3OS. The molecule has 1 amide bonds. The number of fused-ring (bicyclic) bond motifs is 1. The van der Waals surface area contributed by atoms with Crippen LogP contribution in [0.1, 0.15) is 30.7 Å². The van der Waals surface area contributed by atoms with E-state index in [0.29, 0.717) is 13.0 Å². The molecule has 1 aromatic heterocycles. The summed E-state index contributed by atoms with van der Waals surface area (Å²) in [6.45, 7) is 2.65. The minimum absolute atomic E-state index is 0.161. The van der Waals surface area contributed by atoms with E-state index in [1.807, 2.05) is 12.1 Å². The second kappa shape index (κ2) is 8.22. The number of nitrogens with one attached hydrogen (secondary N) is 2. The number of para-hydroxylation sites is 1. The molecule has 4 nitrogen and oxygen atoms in total. The van der Waals surface area contributed by atoms with Gasteiger partial charge in [0.25, 0.3) is 0 Å². The standard InChI is InChI=1S/C18H23N3OS/c22-17(20-13-14-9-11-19-12-10-14)7-3-4-8-18-21-15-5-1-2-6-16(15)23-18/h1-2,5-6,9,19H,3-4,7-8,10-13H2,(H,20,22). The fourth-order valence-electron chi connectivity index (χ4n) is 2.72. The van der Waals surface area contributed by atoms with Crippen LogP contribution >= 0.6 is 11.3 Å². The molecule has 0 saturated carbocycles. The van der Waals surface area contributed by atoms with Crippen LogP contribution in [0.25, 0.3) is 10.2 Å². The van der Waals surface area contributed by atoms with Crippen LogP contribution in [0.15, 0.2) is 35.9 Å². The lowest BCUT2D eigenvalue weighted by Crippen LogP contribution is -2.29. The van der Waals surface area contributed by atoms with E-state index in [4.69, 9.17) is 0 Å². The largest absolute Gasteiger partial charge is 0.352 e. The molecule has 0 aliphatic carbocycles. The van der Waals surface area contributed by atoms with Crippen molar-refractivity contribution in [2.75, 3.05) is 19.6 Å². The average molecular weight is 329 g/mol. The first kappa shape index (κ1) is 16.1. The van der Waals surface area contributed by atoms with Gasteiger partial charge < -0.3 is 10.6 Å². The number of rotatable bonds is 7. The number of hydrogen-bond acceptors (Lipinski definition) is 4. The Kier molecular flexibility index (Phi) is 5.77. The van der Waals surface area contributed by atoms with E-state index in [-0.39, 0.29) is 5.91 Å². The third-order valence-electron chi connectivity index (χ3n) is 4.05. The smallest absolute Gasteiger partial charge is 0.220 e. The highest BCUT2D eigenvalue weighted by Gasteiger charge is 2.07. The molecule has 23 heavy (non-hydrogen) atoms. The SMILES string of the molecule is O=C(CCCCc1nc2ccccc2s1)NCC1=CCNCC1. The Balaban J connectivity index is 1.34. The maximum atomic E-state index is 11.9. The van der Waals surface area contributed by atoms with Crippen molar-refractivity contribution < 1.29 is 4.79 Å². The fourth-order valence-corrected chi connectivity index (χ4v) is 3.73. The molecule has 5 heteroatoms. The van der Waals surface area contributed by atoms with Gasteiger partial charge in [-0.15, -0.1) is 11.3 Å². The van der Waals surface area contributed by atoms with Crippen LogP contribution in [0.2, 0.25) is 0 Å². The van der Waals surface area contributed by atoms with Crippen LogP contribution in [0.4, 0.5) is 0 Å². The lowest BCUT2D eigenvalue weighted by atomic mass is 10.1. The number of carbonyl (C=O) groups is 1. The summed E-state index contributed by atoms with van der Waals surface area (Å²) in [4.78, 5) is 16.5. The van der Waals surface area contributed by atoms with Crippen molar-refractivity contribution in [2.45, 2.75) is 32.1 Å². The molecule has 3 rings (SSSR count). The number of aromatic nitrogens is 1. The maximum absolute atomic E-state index is 11.9. The molecule has 2 N–H and O–H groups in total. The van der Waals surface area contributed by atoms with E-state index in [1.54, 1.807) is 11.3 Å². The first-order valence-electron chi connectivity index (χ1n) is 8.31. The molecule has 0 atom stereocenters. The molecule has 0 bridgehead atoms. The lowest BCUT2D eigenvalue weighted by Gasteiger charge is -2.14. The second-order valence-electron chi connectivity index (χ2n) is 5.88. The fraction of sp³-hybridized carbons (Fsp3) is 0.444. The second-order valence-corrected chi connectivity index (χ2v) is 6.99. The van der Waals surface area contributed by atoms with Crippen molar-refractivity contribution in [3.05, 3.63) is 40.9 Å². The quantitative estimate of drug-likeness (QED) is 0.606. The molecule has 122 valence electrons. The van der Waals surface area contributed by atoms with Gasteiger partial charge >= 0.3 is 0 Å². The minimum atomic E-state index is 0.161. The van der Waals surface area contributed by atoms with Gasteiger partial charge in [0.15, 0.2) is 0 Å². The first-order chi connectivity index (χ1) is 11.3. The predicted molar refractivity (Wildman–Crippen MR) is 95.8 cm³/mol. The summed E-state index contributed by atoms with van der Waals surface area (Å²) in [6.07, 6.45) is 6.72. The van der Waals surface area contributed by atoms with Gasteiger partial charge in [0.1, 0.15) is 0 Å². The Morgan fingerprint density at radius 1 is 1.30 bits per heavy atom. The Labute approximate surface area is 141 Å². The van der Waals surface area contributed by atoms with Gasteiger partial charge in [-0.2, -0.15) is 0 Å². The molecule has 0 unspecified atom stereocenters. The van der Waals surface area contributed by atoms with E-state index in [0.717, 1.165) is 44.3 Å². The van der Waals surface area contributed by atoms with Gasteiger partial charge in [0, 0.05) is 19.5 Å². The predicted octanol–water partition coefficient (Wildman–Crippen LogP) is 3.05. The van der Waals surface area contributed by atoms with Crippen molar-refractivity contribution in [1.82, 2.24) is 15.6 Å². The number of benzene rings is 1. The van der Waals surface area contributed by atoms with Crippen LogP contribution in [0.3, 0.4) is 0 Å². The maximum Gasteiger partial charge on any atom is 0.220 e. The Hall–Kier alpha value is -1.72. The van der Waals surface area contributed by atoms with Crippen LogP contribution in [-0.2, 0) is 11.2 Å². The van der Waals surface area contributed by atoms with Gasteiger partial charge in [-0.25, -0.2) is 4.98 Å². The highest BCUT2D eigenvalue weighted by molar-refractivity contribution is 7.18. The Morgan fingerprint density at radius 2 is 2.22 bits per heavy atom. The Morgan fingerprint density at radius 3 is 3.04 bits per heavy atom. The zero-order valence-corrected chi connectivity index (χ0v) is 14.1. The third kappa shape index (κ3) is 4.88. The minimum Gasteiger partial charge on any atom is -0.352 e. The summed E-state index contributed by atoms with van der Waals surface area (Å²) in [6, 6.07) is 8.23. The van der Waals surface area contributed by atoms with Crippen LogP contribution < -0.4 is 10.6 Å². The van der Waals surface area contributed by atoms with Crippen molar-refractivity contribution in [2.24, 2.45) is 0 Å². The Bertz CT molecular complexity index is 659. The molecule has 0 spiro atoms. The molecule has 2 aromatic rings. The zero-order valence-electron chi connectivity index (χ0n) is 13.3. The van der Waals surface area contributed by atoms with Gasteiger partial charge in [-0.05, 0) is 44.4 Å². The van der Waals surface area contributed by atoms with Crippen molar-refractivity contribution in [3.63, 3.8) is 0 Å². The molecular weight excluding hydrogens is 306 g/mol. The number of thiazole rings is 1. The molecule has 0 fully saturated rings. The van der Waals surface area contributed by atoms with Crippen molar-refractivity contribution in [1.29, 1.82) is 0 Å². The lowest BCUT2D eigenvalue weighted by molar-refractivity contribution is -0.121. The molecule has 1 aromatic carbocycles. The van der Waals surface area contributed by atoms with E-state index in [9.17, 15) is 4.79 Å². The van der Waals surface area contributed by atoms with Gasteiger partial charge in [-0.1, -0.05) is 23.8 Å². The molecule has 0 saturated heterocycles. The first-order valence-corrected chi connectivity index (χ1v) is 9.13. The highest BCUT2D eigenvalue weighted by Crippen LogP contribution is 2.22. The summed E-state index contributed by atoms with van der Waals surface area (Å²) < 4.78 is 1.25. The zero-order chi connectivity index (χ0) is 15.9. The van der Waals surface area contributed by atoms with E-state index >= 15 is 0 Å². The summed E-state index contributed by atoms with van der Waals surface area (Å²) >= 11 is 1.76. The number of unbranched alkanes of at least 4 members (excludes halogenated alkanes) is 1. The van der Waals surface area contributed by atoms with Gasteiger partial charge in [-0.3, -0.25) is 4.79 Å². The van der Waals surface area contributed by atoms with Crippen molar-refractivity contribution in [3.8, 4) is 0 Å². The van der Waals surface area contributed by atoms with Gasteiger partial charge in [0.2, 0.25) is 5.91 Å². The molecule has 1 aliphatic rings. The van der Waals surface area contributed by atoms with Crippen LogP contribution in [0, 0.1) is 0 Å². The number of nitrogens with zero attached hydrogens (tertiary/aromatic N) is 1. The van der Waals surface area contributed by atoms with Crippen LogP contribution in [0.5, 0.6) is 0 Å². The average Bonchev–Trinajstić information content (AvgIpc) is 3.00. The molecule has 0 radical (unpaired) electrons. The topological polar surface area (TPSA) is 54.0 Å². The number of hydrogen-bond donors (Lipinski definition) is 2. The number of amides is 1. The third-order valence-corrected chi connectivity index (χ3v) is 5.15. The van der Waals surface area contributed by atoms with Gasteiger partial charge in [0.05, 0.1) is 15.2 Å². The van der Waals surface area contributed by atoms with Crippen LogP contribution in [-0.4, -0.2) is 30.5 Å². The molecule has 2 heterocycles. The van der Waals surface area contributed by atoms with E-state index in [2.05, 4.69) is 33.8 Å². The molecule has 1 aliphatic heterocycles. The normalized spacial score (nSPS) is 14.7. The van der Waals surface area contributed by atoms with E-state index < -0.39 is 0 Å². The number of carbonyl (C=O) groups excluding carboxylic acids is 1. The van der Waals surface area contributed by atoms with E-state index in [1.165, 1.54) is 15.3 Å². The highest BCUT2D eigenvalue weighted by atomic mass is 32.1. The van der Waals surface area contributed by atoms with Crippen molar-refractivity contribution >= 4 is 27.5 Å². The summed E-state index contributed by atoms with van der Waals surface area (Å²) in [5.41, 5.74) is 2.42. The summed E-state index contributed by atoms with van der Waals surface area (Å²) in [7, 11) is 0. The number of aryl methyl sites for hydroxylation is 1. The monoisotopic (exact) mass is 329 g/mol. The summed E-state index contributed by atoms with van der Waals surface area (Å²) in [5.74, 6) is 0.161. The summed E-state index contributed by atoms with van der Waals surface area (Å²) in [5, 5.41) is 7.47.